The summed E-state index contributed by atoms with van der Waals surface area (Å²) in [5.41, 5.74) is 6.84. The third-order valence-corrected chi connectivity index (χ3v) is 4.44. The Kier molecular flexibility index (Phi) is 5.38. The third kappa shape index (κ3) is 4.30. The molecule has 3 rings (SSSR count). The van der Waals surface area contributed by atoms with E-state index in [-0.39, 0.29) is 11.7 Å². The molecule has 0 aliphatic carbocycles. The Balaban J connectivity index is 1.53. The van der Waals surface area contributed by atoms with Crippen LogP contribution in [0.25, 0.3) is 5.78 Å². The summed E-state index contributed by atoms with van der Waals surface area (Å²) in [6, 6.07) is 8.23. The summed E-state index contributed by atoms with van der Waals surface area (Å²) in [5, 5.41) is 5.27. The normalized spacial score (nSPS) is 10.7. The quantitative estimate of drug-likeness (QED) is 0.521. The number of hydrazine groups is 1. The Morgan fingerprint density at radius 2 is 1.88 bits per heavy atom. The molecule has 0 bridgehead atoms. The molecule has 2 aromatic heterocycles. The van der Waals surface area contributed by atoms with Crippen molar-refractivity contribution >= 4 is 41.0 Å². The van der Waals surface area contributed by atoms with Crippen molar-refractivity contribution in [2.24, 2.45) is 0 Å². The fourth-order valence-corrected chi connectivity index (χ4v) is 2.92. The van der Waals surface area contributed by atoms with E-state index in [9.17, 15) is 9.59 Å². The molecule has 0 aliphatic heterocycles. The monoisotopic (exact) mass is 390 g/mol. The second kappa shape index (κ2) is 7.71. The van der Waals surface area contributed by atoms with Crippen molar-refractivity contribution < 1.29 is 9.59 Å². The van der Waals surface area contributed by atoms with Crippen LogP contribution in [0.4, 0.5) is 0 Å². The minimum absolute atomic E-state index is 0.0514. The Hall–Kier alpha value is -2.65. The molecule has 0 spiro atoms. The van der Waals surface area contributed by atoms with Crippen LogP contribution in [0, 0.1) is 13.8 Å². The molecule has 3 aromatic rings. The Labute approximate surface area is 158 Å². The van der Waals surface area contributed by atoms with Gasteiger partial charge in [-0.3, -0.25) is 20.4 Å². The zero-order valence-electron chi connectivity index (χ0n) is 14.0. The van der Waals surface area contributed by atoms with Crippen molar-refractivity contribution in [2.75, 3.05) is 5.75 Å². The first kappa shape index (κ1) is 18.2. The lowest BCUT2D eigenvalue weighted by atomic mass is 10.2. The zero-order chi connectivity index (χ0) is 18.7. The number of nitrogens with zero attached hydrogens (tertiary/aromatic N) is 4. The van der Waals surface area contributed by atoms with E-state index in [0.29, 0.717) is 21.5 Å². The molecule has 1 aromatic carbocycles. The average molecular weight is 391 g/mol. The molecule has 0 saturated heterocycles. The van der Waals surface area contributed by atoms with E-state index in [1.165, 1.54) is 0 Å². The van der Waals surface area contributed by atoms with Gasteiger partial charge in [-0.05, 0) is 44.2 Å². The van der Waals surface area contributed by atoms with Crippen molar-refractivity contribution in [3.63, 3.8) is 0 Å². The van der Waals surface area contributed by atoms with Crippen LogP contribution in [0.2, 0.25) is 5.02 Å². The van der Waals surface area contributed by atoms with E-state index < -0.39 is 5.91 Å². The van der Waals surface area contributed by atoms with Crippen LogP contribution in [0.3, 0.4) is 0 Å². The van der Waals surface area contributed by atoms with Gasteiger partial charge in [0.25, 0.3) is 11.7 Å². The molecule has 8 nitrogen and oxygen atoms in total. The summed E-state index contributed by atoms with van der Waals surface area (Å²) < 4.78 is 1.62. The summed E-state index contributed by atoms with van der Waals surface area (Å²) in [5.74, 6) is -0.268. The number of hydrogen-bond donors (Lipinski definition) is 2. The molecule has 10 heteroatoms. The number of aryl methyl sites for hydroxylation is 2. The lowest BCUT2D eigenvalue weighted by molar-refractivity contribution is -0.119. The van der Waals surface area contributed by atoms with Crippen molar-refractivity contribution in [2.45, 2.75) is 19.0 Å². The molecule has 0 unspecified atom stereocenters. The molecule has 26 heavy (non-hydrogen) atoms. The summed E-state index contributed by atoms with van der Waals surface area (Å²) >= 11 is 6.92. The first-order valence-electron chi connectivity index (χ1n) is 7.61. The van der Waals surface area contributed by atoms with Crippen molar-refractivity contribution in [1.82, 2.24) is 30.4 Å². The Bertz CT molecular complexity index is 973. The highest BCUT2D eigenvalue weighted by Gasteiger charge is 2.11. The number of nitrogens with one attached hydrogen (secondary N) is 2. The Morgan fingerprint density at radius 3 is 2.62 bits per heavy atom. The molecule has 2 N–H and O–H groups in total. The van der Waals surface area contributed by atoms with Crippen LogP contribution in [0.5, 0.6) is 0 Å². The topological polar surface area (TPSA) is 101 Å². The first-order chi connectivity index (χ1) is 12.4. The van der Waals surface area contributed by atoms with Gasteiger partial charge < -0.3 is 0 Å². The number of fused-ring (bicyclic) bond motifs is 1. The lowest BCUT2D eigenvalue weighted by Gasteiger charge is -2.06. The first-order valence-corrected chi connectivity index (χ1v) is 8.97. The number of carbonyl (C=O) groups excluding carboxylic acids is 2. The van der Waals surface area contributed by atoms with Gasteiger partial charge in [0, 0.05) is 22.0 Å². The molecular formula is C16H15ClN6O2S. The minimum Gasteiger partial charge on any atom is -0.272 e. The highest BCUT2D eigenvalue weighted by atomic mass is 35.5. The van der Waals surface area contributed by atoms with E-state index in [1.54, 1.807) is 28.8 Å². The lowest BCUT2D eigenvalue weighted by Crippen LogP contribution is -2.42. The molecule has 134 valence electrons. The van der Waals surface area contributed by atoms with Gasteiger partial charge in [0.15, 0.2) is 0 Å². The van der Waals surface area contributed by atoms with E-state index >= 15 is 0 Å². The van der Waals surface area contributed by atoms with Gasteiger partial charge in [0.05, 0.1) is 5.75 Å². The third-order valence-electron chi connectivity index (χ3n) is 3.35. The van der Waals surface area contributed by atoms with Gasteiger partial charge in [0.1, 0.15) is 0 Å². The van der Waals surface area contributed by atoms with Crippen LogP contribution in [0.1, 0.15) is 21.7 Å². The standard InChI is InChI=1S/C16H15ClN6O2S/c1-9-7-10(2)23-15(18-9)19-16(22-23)26-8-13(24)20-21-14(25)11-3-5-12(17)6-4-11/h3-7H,8H2,1-2H3,(H,20,24)(H,21,25). The molecule has 0 radical (unpaired) electrons. The fraction of sp³-hybridized carbons (Fsp3) is 0.188. The number of rotatable bonds is 4. The fourth-order valence-electron chi connectivity index (χ4n) is 2.18. The number of aromatic nitrogens is 4. The zero-order valence-corrected chi connectivity index (χ0v) is 15.6. The van der Waals surface area contributed by atoms with E-state index in [2.05, 4.69) is 25.9 Å². The predicted octanol–water partition coefficient (Wildman–Crippen LogP) is 1.95. The van der Waals surface area contributed by atoms with Crippen LogP contribution < -0.4 is 10.9 Å². The second-order valence-corrected chi connectivity index (χ2v) is 6.82. The number of halogens is 1. The van der Waals surface area contributed by atoms with Crippen LogP contribution in [-0.2, 0) is 4.79 Å². The number of carbonyl (C=O) groups is 2. The van der Waals surface area contributed by atoms with Gasteiger partial charge in [-0.1, -0.05) is 23.4 Å². The maximum atomic E-state index is 11.9. The van der Waals surface area contributed by atoms with Crippen LogP contribution >= 0.6 is 23.4 Å². The largest absolute Gasteiger partial charge is 0.272 e. The van der Waals surface area contributed by atoms with Gasteiger partial charge >= 0.3 is 0 Å². The smallest absolute Gasteiger partial charge is 0.269 e. The Morgan fingerprint density at radius 1 is 1.15 bits per heavy atom. The summed E-state index contributed by atoms with van der Waals surface area (Å²) in [6.45, 7) is 3.79. The summed E-state index contributed by atoms with van der Waals surface area (Å²) in [7, 11) is 0. The van der Waals surface area contributed by atoms with Gasteiger partial charge in [-0.2, -0.15) is 4.98 Å². The second-order valence-electron chi connectivity index (χ2n) is 5.44. The molecule has 0 fully saturated rings. The van der Waals surface area contributed by atoms with Crippen molar-refractivity contribution in [3.05, 3.63) is 52.3 Å². The van der Waals surface area contributed by atoms with E-state index in [4.69, 9.17) is 11.6 Å². The van der Waals surface area contributed by atoms with Crippen molar-refractivity contribution in [1.29, 1.82) is 0 Å². The van der Waals surface area contributed by atoms with Crippen molar-refractivity contribution in [3.8, 4) is 0 Å². The van der Waals surface area contributed by atoms with E-state index in [0.717, 1.165) is 23.1 Å². The summed E-state index contributed by atoms with van der Waals surface area (Å²) in [6.07, 6.45) is 0. The number of benzene rings is 1. The van der Waals surface area contributed by atoms with Gasteiger partial charge in [0.2, 0.25) is 11.1 Å². The van der Waals surface area contributed by atoms with Gasteiger partial charge in [-0.25, -0.2) is 9.50 Å². The summed E-state index contributed by atoms with van der Waals surface area (Å²) in [4.78, 5) is 32.4. The maximum absolute atomic E-state index is 11.9. The van der Waals surface area contributed by atoms with Gasteiger partial charge in [-0.15, -0.1) is 5.10 Å². The molecular weight excluding hydrogens is 376 g/mol. The number of thioether (sulfide) groups is 1. The maximum Gasteiger partial charge on any atom is 0.269 e. The highest BCUT2D eigenvalue weighted by Crippen LogP contribution is 2.15. The number of hydrogen-bond acceptors (Lipinski definition) is 6. The molecule has 2 heterocycles. The van der Waals surface area contributed by atoms with E-state index in [1.807, 2.05) is 19.9 Å². The predicted molar refractivity (Wildman–Crippen MR) is 98.0 cm³/mol. The number of amides is 2. The average Bonchev–Trinajstić information content (AvgIpc) is 3.01. The highest BCUT2D eigenvalue weighted by molar-refractivity contribution is 7.99. The van der Waals surface area contributed by atoms with Crippen LogP contribution in [0.15, 0.2) is 35.5 Å². The molecule has 2 amide bonds. The molecule has 0 aliphatic rings. The van der Waals surface area contributed by atoms with Crippen LogP contribution in [-0.4, -0.2) is 37.1 Å². The molecule has 0 atom stereocenters. The SMILES string of the molecule is Cc1cc(C)n2nc(SCC(=O)NNC(=O)c3ccc(Cl)cc3)nc2n1. The molecule has 0 saturated carbocycles. The minimum atomic E-state index is -0.429.